The number of ether oxygens (including phenoxy) is 1. The lowest BCUT2D eigenvalue weighted by Crippen LogP contribution is -2.26. The minimum atomic E-state index is -0.0197. The summed E-state index contributed by atoms with van der Waals surface area (Å²) in [6.45, 7) is 6.83. The molecular formula is C10H18ClN3OS. The zero-order valence-corrected chi connectivity index (χ0v) is 11.7. The van der Waals surface area contributed by atoms with Gasteiger partial charge in [0.2, 0.25) is 5.13 Å². The third-order valence-corrected chi connectivity index (χ3v) is 3.00. The predicted octanol–water partition coefficient (Wildman–Crippen LogP) is 2.50. The zero-order valence-electron chi connectivity index (χ0n) is 10.1. The summed E-state index contributed by atoms with van der Waals surface area (Å²) in [6, 6.07) is 0.0763. The lowest BCUT2D eigenvalue weighted by molar-refractivity contribution is 0.191. The summed E-state index contributed by atoms with van der Waals surface area (Å²) in [5.41, 5.74) is -0.0197. The molecule has 1 heterocycles. The van der Waals surface area contributed by atoms with Crippen LogP contribution in [-0.2, 0) is 10.2 Å². The van der Waals surface area contributed by atoms with Crippen LogP contribution in [0.5, 0.6) is 0 Å². The van der Waals surface area contributed by atoms with Gasteiger partial charge in [-0.05, 0) is 0 Å². The minimum Gasteiger partial charge on any atom is -0.383 e. The normalized spacial score (nSPS) is 13.8. The fraction of sp³-hybridized carbons (Fsp3) is 0.800. The summed E-state index contributed by atoms with van der Waals surface area (Å²) in [5.74, 6) is 1.34. The van der Waals surface area contributed by atoms with Crippen LogP contribution in [0, 0.1) is 0 Å². The van der Waals surface area contributed by atoms with Crippen molar-refractivity contribution in [3.05, 3.63) is 5.82 Å². The van der Waals surface area contributed by atoms with Crippen LogP contribution in [0.15, 0.2) is 0 Å². The van der Waals surface area contributed by atoms with Crippen LogP contribution in [0.3, 0.4) is 0 Å². The minimum absolute atomic E-state index is 0.0197. The molecule has 1 aromatic heterocycles. The van der Waals surface area contributed by atoms with Crippen LogP contribution < -0.4 is 5.32 Å². The number of anilines is 1. The van der Waals surface area contributed by atoms with Gasteiger partial charge in [-0.25, -0.2) is 4.98 Å². The van der Waals surface area contributed by atoms with Crippen molar-refractivity contribution in [2.75, 3.05) is 24.9 Å². The fourth-order valence-electron chi connectivity index (χ4n) is 1.09. The standard InChI is InChI=1S/C10H18ClN3OS/c1-10(2,3)8-13-9(16-14-8)12-7(5-11)6-15-4/h7H,5-6H2,1-4H3,(H,12,13,14). The smallest absolute Gasteiger partial charge is 0.202 e. The molecule has 1 unspecified atom stereocenters. The van der Waals surface area contributed by atoms with Crippen molar-refractivity contribution in [3.8, 4) is 0 Å². The van der Waals surface area contributed by atoms with Gasteiger partial charge in [0.05, 0.1) is 12.6 Å². The van der Waals surface area contributed by atoms with Crippen LogP contribution in [0.4, 0.5) is 5.13 Å². The van der Waals surface area contributed by atoms with E-state index in [1.54, 1.807) is 7.11 Å². The first kappa shape index (κ1) is 13.7. The van der Waals surface area contributed by atoms with E-state index in [0.717, 1.165) is 11.0 Å². The first-order valence-corrected chi connectivity index (χ1v) is 6.43. The molecule has 1 N–H and O–H groups in total. The van der Waals surface area contributed by atoms with E-state index >= 15 is 0 Å². The lowest BCUT2D eigenvalue weighted by Gasteiger charge is -2.14. The first-order chi connectivity index (χ1) is 7.47. The molecular weight excluding hydrogens is 246 g/mol. The topological polar surface area (TPSA) is 47.0 Å². The molecule has 16 heavy (non-hydrogen) atoms. The number of nitrogens with zero attached hydrogens (tertiary/aromatic N) is 2. The zero-order chi connectivity index (χ0) is 12.2. The molecule has 0 amide bonds. The highest BCUT2D eigenvalue weighted by Gasteiger charge is 2.20. The molecule has 6 heteroatoms. The van der Waals surface area contributed by atoms with Crippen molar-refractivity contribution in [3.63, 3.8) is 0 Å². The van der Waals surface area contributed by atoms with Crippen molar-refractivity contribution >= 4 is 28.3 Å². The van der Waals surface area contributed by atoms with E-state index in [9.17, 15) is 0 Å². The molecule has 0 radical (unpaired) electrons. The Morgan fingerprint density at radius 1 is 1.50 bits per heavy atom. The summed E-state index contributed by atoms with van der Waals surface area (Å²) in [6.07, 6.45) is 0. The second-order valence-corrected chi connectivity index (χ2v) is 5.68. The Labute approximate surface area is 106 Å². The van der Waals surface area contributed by atoms with E-state index in [2.05, 4.69) is 35.4 Å². The van der Waals surface area contributed by atoms with E-state index < -0.39 is 0 Å². The van der Waals surface area contributed by atoms with Gasteiger partial charge in [0.25, 0.3) is 0 Å². The van der Waals surface area contributed by atoms with Crippen molar-refractivity contribution in [1.82, 2.24) is 9.36 Å². The Kier molecular flexibility index (Phi) is 4.95. The highest BCUT2D eigenvalue weighted by Crippen LogP contribution is 2.23. The molecule has 0 aliphatic rings. The molecule has 0 aliphatic carbocycles. The highest BCUT2D eigenvalue weighted by atomic mass is 35.5. The van der Waals surface area contributed by atoms with Gasteiger partial charge in [-0.3, -0.25) is 0 Å². The van der Waals surface area contributed by atoms with Crippen molar-refractivity contribution in [2.24, 2.45) is 0 Å². The molecule has 0 fully saturated rings. The van der Waals surface area contributed by atoms with Gasteiger partial charge >= 0.3 is 0 Å². The number of methoxy groups -OCH3 is 1. The monoisotopic (exact) mass is 263 g/mol. The Morgan fingerprint density at radius 2 is 2.19 bits per heavy atom. The van der Waals surface area contributed by atoms with Gasteiger partial charge < -0.3 is 10.1 Å². The number of hydrogen-bond acceptors (Lipinski definition) is 5. The van der Waals surface area contributed by atoms with Gasteiger partial charge in [-0.2, -0.15) is 4.37 Å². The maximum Gasteiger partial charge on any atom is 0.202 e. The van der Waals surface area contributed by atoms with Gasteiger partial charge in [0.15, 0.2) is 0 Å². The van der Waals surface area contributed by atoms with E-state index in [1.165, 1.54) is 11.5 Å². The SMILES string of the molecule is COCC(CCl)Nc1nc(C(C)(C)C)ns1. The summed E-state index contributed by atoms with van der Waals surface area (Å²) >= 11 is 7.17. The second kappa shape index (κ2) is 5.80. The molecule has 0 aromatic carbocycles. The summed E-state index contributed by atoms with van der Waals surface area (Å²) in [4.78, 5) is 4.43. The maximum atomic E-state index is 5.81. The molecule has 4 nitrogen and oxygen atoms in total. The van der Waals surface area contributed by atoms with Crippen molar-refractivity contribution in [1.29, 1.82) is 0 Å². The molecule has 0 spiro atoms. The Morgan fingerprint density at radius 3 is 2.62 bits per heavy atom. The Balaban J connectivity index is 2.64. The highest BCUT2D eigenvalue weighted by molar-refractivity contribution is 7.09. The third-order valence-electron chi connectivity index (χ3n) is 1.98. The van der Waals surface area contributed by atoms with Gasteiger partial charge in [-0.1, -0.05) is 20.8 Å². The second-order valence-electron chi connectivity index (χ2n) is 4.62. The largest absolute Gasteiger partial charge is 0.383 e. The number of rotatable bonds is 5. The number of nitrogens with one attached hydrogen (secondary N) is 1. The van der Waals surface area contributed by atoms with E-state index in [0.29, 0.717) is 12.5 Å². The summed E-state index contributed by atoms with van der Waals surface area (Å²) in [5, 5.41) is 4.01. The van der Waals surface area contributed by atoms with Crippen LogP contribution in [0.25, 0.3) is 0 Å². The van der Waals surface area contributed by atoms with E-state index in [-0.39, 0.29) is 11.5 Å². The number of halogens is 1. The Hall–Kier alpha value is -0.390. The molecule has 0 aliphatic heterocycles. The average molecular weight is 264 g/mol. The fourth-order valence-corrected chi connectivity index (χ4v) is 2.09. The quantitative estimate of drug-likeness (QED) is 0.830. The maximum absolute atomic E-state index is 5.81. The number of alkyl halides is 1. The van der Waals surface area contributed by atoms with E-state index in [4.69, 9.17) is 16.3 Å². The Bertz CT molecular complexity index is 324. The molecule has 1 aromatic rings. The van der Waals surface area contributed by atoms with Crippen LogP contribution >= 0.6 is 23.1 Å². The molecule has 1 atom stereocenters. The lowest BCUT2D eigenvalue weighted by atomic mass is 9.96. The number of hydrogen-bond donors (Lipinski definition) is 1. The molecule has 0 saturated heterocycles. The van der Waals surface area contributed by atoms with Crippen molar-refractivity contribution in [2.45, 2.75) is 32.2 Å². The summed E-state index contributed by atoms with van der Waals surface area (Å²) in [7, 11) is 1.65. The van der Waals surface area contributed by atoms with Gasteiger partial charge in [0, 0.05) is 29.9 Å². The van der Waals surface area contributed by atoms with Crippen LogP contribution in [0.1, 0.15) is 26.6 Å². The average Bonchev–Trinajstić information content (AvgIpc) is 2.65. The van der Waals surface area contributed by atoms with Gasteiger partial charge in [0.1, 0.15) is 5.82 Å². The van der Waals surface area contributed by atoms with Crippen molar-refractivity contribution < 1.29 is 4.74 Å². The first-order valence-electron chi connectivity index (χ1n) is 5.13. The summed E-state index contributed by atoms with van der Waals surface area (Å²) < 4.78 is 9.37. The van der Waals surface area contributed by atoms with E-state index in [1.807, 2.05) is 0 Å². The van der Waals surface area contributed by atoms with Crippen LogP contribution in [-0.4, -0.2) is 35.0 Å². The van der Waals surface area contributed by atoms with Crippen LogP contribution in [0.2, 0.25) is 0 Å². The predicted molar refractivity (Wildman–Crippen MR) is 68.6 cm³/mol. The third kappa shape index (κ3) is 3.88. The molecule has 92 valence electrons. The van der Waals surface area contributed by atoms with Gasteiger partial charge in [-0.15, -0.1) is 11.6 Å². The number of aromatic nitrogens is 2. The molecule has 0 bridgehead atoms. The molecule has 0 saturated carbocycles. The molecule has 1 rings (SSSR count).